The lowest BCUT2D eigenvalue weighted by Crippen LogP contribution is -2.61. The molecule has 0 spiro atoms. The number of hydrogen-bond donors (Lipinski definition) is 0. The van der Waals surface area contributed by atoms with E-state index < -0.39 is 0 Å². The molecule has 0 fully saturated rings. The predicted octanol–water partition coefficient (Wildman–Crippen LogP) is 13.6. The standard InChI is InChI=1S/C64H40BN7/c66-41-42-33-35-56(51(37-42)64-68-62(43-19-5-1-6-20-43)67-63(69-64)44-21-7-2-8-22-44)72-54-30-16-13-27-49(54)50-38-45(34-36-55(50)72)46-39-59-61-60(40-46)71(48-25-11-4-12-26-48)58-32-18-15-29-53(58)65(61)52-28-14-17-31-57(52)70(59)47-23-9-3-10-24-47/h1-40H. The second kappa shape index (κ2) is 16.7. The van der Waals surface area contributed by atoms with Crippen LogP contribution in [0, 0.1) is 11.3 Å². The SMILES string of the molecule is N#Cc1ccc(-n2c3ccccc3c3cc(-c4cc5c6c(c4)N(c4ccccc4)c4ccccc4B6c4ccccc4N5c4ccccc4)ccc32)c(-c2nc(-c3ccccc3)nc(-c3ccccc3)n2)c1. The summed E-state index contributed by atoms with van der Waals surface area (Å²) in [7, 11) is 0. The molecule has 0 bridgehead atoms. The van der Waals surface area contributed by atoms with Crippen molar-refractivity contribution in [2.45, 2.75) is 0 Å². The quantitative estimate of drug-likeness (QED) is 0.148. The van der Waals surface area contributed by atoms with Gasteiger partial charge in [-0.2, -0.15) is 5.26 Å². The summed E-state index contributed by atoms with van der Waals surface area (Å²) in [6.07, 6.45) is 0. The van der Waals surface area contributed by atoms with Crippen molar-refractivity contribution in [1.82, 2.24) is 19.5 Å². The Hall–Kier alpha value is -9.84. The molecule has 0 saturated heterocycles. The average Bonchev–Trinajstić information content (AvgIpc) is 3.79. The maximum absolute atomic E-state index is 10.4. The van der Waals surface area contributed by atoms with Gasteiger partial charge < -0.3 is 14.4 Å². The molecular formula is C64H40BN7. The fraction of sp³-hybridized carbons (Fsp3) is 0. The molecule has 334 valence electrons. The zero-order valence-corrected chi connectivity index (χ0v) is 38.8. The zero-order chi connectivity index (χ0) is 47.7. The first kappa shape index (κ1) is 41.2. The first-order valence-corrected chi connectivity index (χ1v) is 24.2. The molecular weight excluding hydrogens is 878 g/mol. The lowest BCUT2D eigenvalue weighted by atomic mass is 9.33. The minimum atomic E-state index is 0.0235. The van der Waals surface area contributed by atoms with Crippen molar-refractivity contribution in [3.63, 3.8) is 0 Å². The molecule has 0 aliphatic carbocycles. The number of aromatic nitrogens is 4. The van der Waals surface area contributed by atoms with Crippen molar-refractivity contribution in [3.05, 3.63) is 248 Å². The van der Waals surface area contributed by atoms with Gasteiger partial charge in [0.2, 0.25) is 0 Å². The summed E-state index contributed by atoms with van der Waals surface area (Å²) in [5, 5.41) is 12.6. The van der Waals surface area contributed by atoms with E-state index in [0.29, 0.717) is 23.0 Å². The van der Waals surface area contributed by atoms with Crippen molar-refractivity contribution in [3.8, 4) is 57.0 Å². The number of anilines is 6. The highest BCUT2D eigenvalue weighted by molar-refractivity contribution is 7.00. The molecule has 10 aromatic carbocycles. The molecule has 0 saturated carbocycles. The molecule has 0 N–H and O–H groups in total. The minimum absolute atomic E-state index is 0.0235. The zero-order valence-electron chi connectivity index (χ0n) is 38.8. The number of fused-ring (bicyclic) bond motifs is 7. The highest BCUT2D eigenvalue weighted by Crippen LogP contribution is 2.47. The highest BCUT2D eigenvalue weighted by atomic mass is 15.2. The Morgan fingerprint density at radius 1 is 0.361 bits per heavy atom. The average molecular weight is 918 g/mol. The van der Waals surface area contributed by atoms with Crippen LogP contribution in [-0.2, 0) is 0 Å². The third-order valence-corrected chi connectivity index (χ3v) is 14.2. The van der Waals surface area contributed by atoms with Crippen molar-refractivity contribution < 1.29 is 0 Å². The van der Waals surface area contributed by atoms with Crippen molar-refractivity contribution >= 4 is 79.0 Å². The van der Waals surface area contributed by atoms with Crippen LogP contribution in [-0.4, -0.2) is 26.2 Å². The summed E-state index contributed by atoms with van der Waals surface area (Å²) in [5.74, 6) is 1.59. The van der Waals surface area contributed by atoms with Crippen LogP contribution in [0.15, 0.2) is 243 Å². The Morgan fingerprint density at radius 3 is 1.44 bits per heavy atom. The molecule has 8 heteroatoms. The van der Waals surface area contributed by atoms with Gasteiger partial charge in [-0.1, -0.05) is 158 Å². The molecule has 2 aliphatic rings. The third kappa shape index (κ3) is 6.56. The van der Waals surface area contributed by atoms with Gasteiger partial charge in [-0.15, -0.1) is 0 Å². The van der Waals surface area contributed by atoms with Gasteiger partial charge in [0.1, 0.15) is 0 Å². The largest absolute Gasteiger partial charge is 0.311 e. The monoisotopic (exact) mass is 917 g/mol. The van der Waals surface area contributed by atoms with Gasteiger partial charge in [-0.05, 0) is 112 Å². The molecule has 0 amide bonds. The van der Waals surface area contributed by atoms with Crippen molar-refractivity contribution in [2.75, 3.05) is 9.80 Å². The van der Waals surface area contributed by atoms with Crippen LogP contribution in [0.5, 0.6) is 0 Å². The molecule has 0 unspecified atom stereocenters. The van der Waals surface area contributed by atoms with Gasteiger partial charge in [-0.25, -0.2) is 15.0 Å². The highest BCUT2D eigenvalue weighted by Gasteiger charge is 2.43. The van der Waals surface area contributed by atoms with E-state index in [0.717, 1.165) is 78.1 Å². The van der Waals surface area contributed by atoms with Crippen LogP contribution in [0.25, 0.3) is 72.8 Å². The van der Waals surface area contributed by atoms with E-state index in [1.165, 1.54) is 27.8 Å². The lowest BCUT2D eigenvalue weighted by molar-refractivity contribution is 1.06. The maximum atomic E-state index is 10.4. The van der Waals surface area contributed by atoms with Gasteiger partial charge >= 0.3 is 0 Å². The molecule has 0 atom stereocenters. The molecule has 0 radical (unpaired) electrons. The molecule has 2 aliphatic heterocycles. The first-order chi connectivity index (χ1) is 35.7. The number of nitriles is 1. The van der Waals surface area contributed by atoms with Crippen LogP contribution in [0.2, 0.25) is 0 Å². The summed E-state index contributed by atoms with van der Waals surface area (Å²) in [5.41, 5.74) is 18.8. The van der Waals surface area contributed by atoms with Gasteiger partial charge in [0.15, 0.2) is 17.5 Å². The molecule has 12 aromatic rings. The Kier molecular flexibility index (Phi) is 9.54. The van der Waals surface area contributed by atoms with E-state index in [-0.39, 0.29) is 6.71 Å². The van der Waals surface area contributed by atoms with E-state index >= 15 is 0 Å². The molecule has 2 aromatic heterocycles. The second-order valence-corrected chi connectivity index (χ2v) is 18.3. The Labute approximate surface area is 416 Å². The summed E-state index contributed by atoms with van der Waals surface area (Å²) >= 11 is 0. The normalized spacial score (nSPS) is 12.3. The summed E-state index contributed by atoms with van der Waals surface area (Å²) < 4.78 is 2.29. The molecule has 14 rings (SSSR count). The summed E-state index contributed by atoms with van der Waals surface area (Å²) in [4.78, 5) is 20.2. The van der Waals surface area contributed by atoms with E-state index in [2.05, 4.69) is 184 Å². The van der Waals surface area contributed by atoms with E-state index in [4.69, 9.17) is 15.0 Å². The minimum Gasteiger partial charge on any atom is -0.311 e. The molecule has 4 heterocycles. The lowest BCUT2D eigenvalue weighted by Gasteiger charge is -2.44. The molecule has 72 heavy (non-hydrogen) atoms. The fourth-order valence-electron chi connectivity index (χ4n) is 11.1. The smallest absolute Gasteiger partial charge is 0.252 e. The van der Waals surface area contributed by atoms with E-state index in [9.17, 15) is 5.26 Å². The molecule has 7 nitrogen and oxygen atoms in total. The van der Waals surface area contributed by atoms with Gasteiger partial charge in [0.25, 0.3) is 6.71 Å². The number of benzene rings is 10. The van der Waals surface area contributed by atoms with Crippen LogP contribution < -0.4 is 26.2 Å². The van der Waals surface area contributed by atoms with Gasteiger partial charge in [0.05, 0.1) is 28.4 Å². The number of hydrogen-bond acceptors (Lipinski definition) is 6. The van der Waals surface area contributed by atoms with Crippen LogP contribution >= 0.6 is 0 Å². The third-order valence-electron chi connectivity index (χ3n) is 14.2. The summed E-state index contributed by atoms with van der Waals surface area (Å²) in [6.45, 7) is 0.0235. The van der Waals surface area contributed by atoms with Crippen LogP contribution in [0.1, 0.15) is 5.56 Å². The van der Waals surface area contributed by atoms with E-state index in [1.807, 2.05) is 78.9 Å². The number of para-hydroxylation sites is 5. The second-order valence-electron chi connectivity index (χ2n) is 18.3. The Balaban J connectivity index is 1.00. The van der Waals surface area contributed by atoms with Crippen LogP contribution in [0.3, 0.4) is 0 Å². The van der Waals surface area contributed by atoms with E-state index in [1.54, 1.807) is 0 Å². The first-order valence-electron chi connectivity index (χ1n) is 24.2. The van der Waals surface area contributed by atoms with Gasteiger partial charge in [-0.3, -0.25) is 0 Å². The fourth-order valence-corrected chi connectivity index (χ4v) is 11.1. The predicted molar refractivity (Wildman–Crippen MR) is 295 cm³/mol. The Morgan fingerprint density at radius 2 is 0.861 bits per heavy atom. The maximum Gasteiger partial charge on any atom is 0.252 e. The Bertz CT molecular complexity index is 3960. The van der Waals surface area contributed by atoms with Crippen molar-refractivity contribution in [1.29, 1.82) is 5.26 Å². The van der Waals surface area contributed by atoms with Crippen molar-refractivity contribution in [2.24, 2.45) is 0 Å². The number of rotatable bonds is 7. The topological polar surface area (TPSA) is 73.9 Å². The number of nitrogens with zero attached hydrogens (tertiary/aromatic N) is 7. The van der Waals surface area contributed by atoms with Crippen LogP contribution in [0.4, 0.5) is 34.1 Å². The van der Waals surface area contributed by atoms with Gasteiger partial charge in [0, 0.05) is 61.6 Å². The summed E-state index contributed by atoms with van der Waals surface area (Å²) in [6, 6.07) is 87.7.